The average Bonchev–Trinajstić information content (AvgIpc) is 3.63. The number of pyridine rings is 1. The summed E-state index contributed by atoms with van der Waals surface area (Å²) in [6, 6.07) is 9.29. The van der Waals surface area contributed by atoms with Crippen LogP contribution in [0.5, 0.6) is 0 Å². The largest absolute Gasteiger partial charge is 0.347 e. The van der Waals surface area contributed by atoms with Gasteiger partial charge in [-0.15, -0.1) is 10.2 Å². The number of alkyl halides is 3. The first kappa shape index (κ1) is 25.8. The molecule has 1 aliphatic carbocycles. The molecule has 0 bridgehead atoms. The zero-order valence-corrected chi connectivity index (χ0v) is 21.9. The lowest BCUT2D eigenvalue weighted by Crippen LogP contribution is -2.20. The molecule has 1 fully saturated rings. The van der Waals surface area contributed by atoms with Crippen molar-refractivity contribution in [1.82, 2.24) is 34.1 Å². The van der Waals surface area contributed by atoms with E-state index in [9.17, 15) is 18.0 Å². The van der Waals surface area contributed by atoms with Gasteiger partial charge in [-0.1, -0.05) is 24.3 Å². The molecule has 4 heterocycles. The van der Waals surface area contributed by atoms with E-state index >= 15 is 0 Å². The van der Waals surface area contributed by atoms with E-state index in [1.807, 2.05) is 47.6 Å². The summed E-state index contributed by atoms with van der Waals surface area (Å²) < 4.78 is 45.0. The molecule has 0 radical (unpaired) electrons. The molecule has 4 aromatic heterocycles. The van der Waals surface area contributed by atoms with E-state index in [2.05, 4.69) is 31.8 Å². The maximum Gasteiger partial charge on any atom is 0.261 e. The van der Waals surface area contributed by atoms with Crippen LogP contribution < -0.4 is 5.32 Å². The van der Waals surface area contributed by atoms with E-state index in [1.54, 1.807) is 12.1 Å². The van der Waals surface area contributed by atoms with Gasteiger partial charge < -0.3 is 14.5 Å². The Labute approximate surface area is 227 Å². The maximum absolute atomic E-state index is 13.6. The number of rotatable bonds is 8. The van der Waals surface area contributed by atoms with Gasteiger partial charge in [0.2, 0.25) is 0 Å². The zero-order valence-electron chi connectivity index (χ0n) is 21.9. The van der Waals surface area contributed by atoms with Crippen molar-refractivity contribution < 1.29 is 18.0 Å². The van der Waals surface area contributed by atoms with Crippen LogP contribution in [0.4, 0.5) is 19.0 Å². The smallest absolute Gasteiger partial charge is 0.261 e. The Hall–Kier alpha value is -4.48. The Morgan fingerprint density at radius 3 is 2.70 bits per heavy atom. The monoisotopic (exact) mass is 548 g/mol. The number of anilines is 1. The van der Waals surface area contributed by atoms with Crippen LogP contribution in [0, 0.1) is 6.92 Å². The Balaban J connectivity index is 1.32. The molecule has 1 N–H and O–H groups in total. The molecule has 12 heteroatoms. The number of hydrogen-bond donors (Lipinski definition) is 1. The molecule has 206 valence electrons. The summed E-state index contributed by atoms with van der Waals surface area (Å²) in [5, 5.41) is 15.7. The summed E-state index contributed by atoms with van der Waals surface area (Å²) >= 11 is 0. The molecule has 5 aromatic rings. The van der Waals surface area contributed by atoms with Gasteiger partial charge in [0, 0.05) is 35.5 Å². The summed E-state index contributed by atoms with van der Waals surface area (Å²) in [7, 11) is 1.92. The number of benzene rings is 1. The molecular formula is C28H27F3N8O. The van der Waals surface area contributed by atoms with Crippen LogP contribution in [-0.4, -0.2) is 53.1 Å². The second-order valence-electron chi connectivity index (χ2n) is 10.00. The second kappa shape index (κ2) is 10.2. The normalized spacial score (nSPS) is 14.6. The predicted molar refractivity (Wildman–Crippen MR) is 144 cm³/mol. The number of carbonyl (C=O) groups excluding carboxylic acids is 1. The van der Waals surface area contributed by atoms with Crippen molar-refractivity contribution in [3.63, 3.8) is 0 Å². The van der Waals surface area contributed by atoms with Crippen LogP contribution in [0.2, 0.25) is 0 Å². The van der Waals surface area contributed by atoms with E-state index in [0.29, 0.717) is 11.6 Å². The molecule has 1 unspecified atom stereocenters. The van der Waals surface area contributed by atoms with E-state index < -0.39 is 19.1 Å². The fourth-order valence-electron chi connectivity index (χ4n) is 5.22. The van der Waals surface area contributed by atoms with E-state index in [0.717, 1.165) is 51.5 Å². The van der Waals surface area contributed by atoms with Crippen molar-refractivity contribution in [3.05, 3.63) is 66.4 Å². The number of nitrogens with one attached hydrogen (secondary N) is 1. The lowest BCUT2D eigenvalue weighted by atomic mass is 9.93. The molecule has 1 atom stereocenters. The molecule has 1 aromatic carbocycles. The van der Waals surface area contributed by atoms with Gasteiger partial charge in [0.25, 0.3) is 12.3 Å². The molecule has 40 heavy (non-hydrogen) atoms. The molecule has 0 spiro atoms. The third-order valence-corrected chi connectivity index (χ3v) is 7.69. The fraction of sp³-hybridized carbons (Fsp3) is 0.321. The summed E-state index contributed by atoms with van der Waals surface area (Å²) in [4.78, 5) is 18.0. The first-order valence-electron chi connectivity index (χ1n) is 13.0. The lowest BCUT2D eigenvalue weighted by Gasteiger charge is -2.25. The van der Waals surface area contributed by atoms with Gasteiger partial charge in [0.05, 0.1) is 23.3 Å². The number of fused-ring (bicyclic) bond motifs is 1. The van der Waals surface area contributed by atoms with E-state index in [1.165, 1.54) is 12.5 Å². The van der Waals surface area contributed by atoms with Gasteiger partial charge in [-0.2, -0.15) is 5.10 Å². The zero-order chi connectivity index (χ0) is 28.0. The minimum Gasteiger partial charge on any atom is -0.347 e. The van der Waals surface area contributed by atoms with Gasteiger partial charge in [0.1, 0.15) is 30.6 Å². The molecule has 1 amide bonds. The highest BCUT2D eigenvalue weighted by molar-refractivity contribution is 6.15. The topological polar surface area (TPSA) is 95.5 Å². The molecule has 1 aliphatic rings. The number of carbonyl (C=O) groups is 1. The quantitative estimate of drug-likeness (QED) is 0.266. The molecule has 6 rings (SSSR count). The second-order valence-corrected chi connectivity index (χ2v) is 10.00. The van der Waals surface area contributed by atoms with Gasteiger partial charge in [-0.05, 0) is 38.3 Å². The first-order valence-corrected chi connectivity index (χ1v) is 13.0. The molecule has 1 saturated carbocycles. The van der Waals surface area contributed by atoms with Crippen molar-refractivity contribution in [3.8, 4) is 22.6 Å². The van der Waals surface area contributed by atoms with Crippen LogP contribution in [0.1, 0.15) is 47.4 Å². The van der Waals surface area contributed by atoms with Gasteiger partial charge in [-0.3, -0.25) is 9.48 Å². The minimum absolute atomic E-state index is 0.0209. The minimum atomic E-state index is -2.95. The van der Waals surface area contributed by atoms with Crippen molar-refractivity contribution in [2.24, 2.45) is 7.05 Å². The number of para-hydroxylation sites is 1. The summed E-state index contributed by atoms with van der Waals surface area (Å²) in [5.74, 6) is -0.196. The van der Waals surface area contributed by atoms with Crippen molar-refractivity contribution in [1.29, 1.82) is 0 Å². The van der Waals surface area contributed by atoms with Crippen LogP contribution >= 0.6 is 0 Å². The SMILES string of the molecule is Cc1c(C(=O)Nc2cccc(-c3nncn3C(CF)C(F)F)n2)c2cccc(-c3cnn(C4CCC4)c3)c2n1C. The Kier molecular flexibility index (Phi) is 6.60. The fourth-order valence-corrected chi connectivity index (χ4v) is 5.22. The van der Waals surface area contributed by atoms with Crippen molar-refractivity contribution in [2.75, 3.05) is 12.0 Å². The Morgan fingerprint density at radius 1 is 1.18 bits per heavy atom. The molecular weight excluding hydrogens is 521 g/mol. The van der Waals surface area contributed by atoms with Crippen LogP contribution in [0.3, 0.4) is 0 Å². The van der Waals surface area contributed by atoms with Gasteiger partial charge in [0.15, 0.2) is 5.82 Å². The highest BCUT2D eigenvalue weighted by atomic mass is 19.3. The number of aryl methyl sites for hydroxylation is 1. The summed E-state index contributed by atoms with van der Waals surface area (Å²) in [6.45, 7) is 0.590. The number of amides is 1. The van der Waals surface area contributed by atoms with E-state index in [-0.39, 0.29) is 23.2 Å². The van der Waals surface area contributed by atoms with Crippen LogP contribution in [-0.2, 0) is 7.05 Å². The summed E-state index contributed by atoms with van der Waals surface area (Å²) in [5.41, 5.74) is 4.32. The maximum atomic E-state index is 13.6. The highest BCUT2D eigenvalue weighted by Gasteiger charge is 2.27. The van der Waals surface area contributed by atoms with Gasteiger partial charge >= 0.3 is 0 Å². The van der Waals surface area contributed by atoms with Crippen molar-refractivity contribution >= 4 is 22.6 Å². The Morgan fingerprint density at radius 2 is 1.98 bits per heavy atom. The van der Waals surface area contributed by atoms with E-state index in [4.69, 9.17) is 0 Å². The first-order chi connectivity index (χ1) is 19.4. The van der Waals surface area contributed by atoms with Crippen LogP contribution in [0.25, 0.3) is 33.5 Å². The number of halogens is 3. The lowest BCUT2D eigenvalue weighted by molar-refractivity contribution is 0.0691. The predicted octanol–water partition coefficient (Wildman–Crippen LogP) is 5.76. The highest BCUT2D eigenvalue weighted by Crippen LogP contribution is 2.36. The van der Waals surface area contributed by atoms with Crippen molar-refractivity contribution in [2.45, 2.75) is 44.7 Å². The molecule has 0 saturated heterocycles. The standard InChI is InChI=1S/C28H27F3N8O/c1-16-24(20-9-4-8-19(25(20)37(16)2)17-13-33-39(14-17)18-6-3-7-18)28(40)35-23-11-5-10-21(34-23)27-36-32-15-38(27)22(12-29)26(30)31/h4-5,8-11,13-15,18,22,26H,3,6-7,12H2,1-2H3,(H,34,35,40). The number of hydrogen-bond acceptors (Lipinski definition) is 5. The Bertz CT molecular complexity index is 1700. The van der Waals surface area contributed by atoms with Crippen LogP contribution in [0.15, 0.2) is 55.1 Å². The van der Waals surface area contributed by atoms with Gasteiger partial charge in [-0.25, -0.2) is 18.2 Å². The summed E-state index contributed by atoms with van der Waals surface area (Å²) in [6.07, 6.45) is 5.52. The number of nitrogens with zero attached hydrogens (tertiary/aromatic N) is 7. The average molecular weight is 549 g/mol. The third-order valence-electron chi connectivity index (χ3n) is 7.69. The molecule has 9 nitrogen and oxygen atoms in total. The third kappa shape index (κ3) is 4.33. The number of aromatic nitrogens is 7. The molecule has 0 aliphatic heterocycles.